The molecule has 1 atom stereocenters. The van der Waals surface area contributed by atoms with Gasteiger partial charge in [0.15, 0.2) is 5.78 Å². The molecule has 0 radical (unpaired) electrons. The third-order valence-electron chi connectivity index (χ3n) is 2.53. The molecule has 0 aliphatic heterocycles. The van der Waals surface area contributed by atoms with Gasteiger partial charge in [-0.3, -0.25) is 4.79 Å². The highest BCUT2D eigenvalue weighted by Gasteiger charge is 2.25. The average molecular weight is 160 g/mol. The van der Waals surface area contributed by atoms with Gasteiger partial charge in [-0.15, -0.1) is 0 Å². The molecule has 0 bridgehead atoms. The first-order valence-corrected chi connectivity index (χ1v) is 4.32. The molecule has 1 aromatic carbocycles. The summed E-state index contributed by atoms with van der Waals surface area (Å²) in [5.74, 6) is 0.731. The molecule has 0 heterocycles. The van der Waals surface area contributed by atoms with E-state index >= 15 is 0 Å². The van der Waals surface area contributed by atoms with E-state index in [0.29, 0.717) is 18.1 Å². The van der Waals surface area contributed by atoms with Gasteiger partial charge in [0, 0.05) is 12.0 Å². The predicted molar refractivity (Wildman–Crippen MR) is 48.5 cm³/mol. The molecule has 1 unspecified atom stereocenters. The van der Waals surface area contributed by atoms with Crippen molar-refractivity contribution in [1.82, 2.24) is 0 Å². The van der Waals surface area contributed by atoms with Gasteiger partial charge in [-0.05, 0) is 24.5 Å². The molecule has 62 valence electrons. The number of carbonyl (C=O) groups excluding carboxylic acids is 1. The number of fused-ring (bicyclic) bond motifs is 1. The lowest BCUT2D eigenvalue weighted by Gasteiger charge is -2.02. The molecule has 1 nitrogen and oxygen atoms in total. The molecule has 1 aromatic rings. The highest BCUT2D eigenvalue weighted by molar-refractivity contribution is 6.01. The lowest BCUT2D eigenvalue weighted by atomic mass is 10.0. The minimum atomic E-state index is 0.307. The first kappa shape index (κ1) is 7.53. The van der Waals surface area contributed by atoms with E-state index in [1.807, 2.05) is 13.0 Å². The van der Waals surface area contributed by atoms with Gasteiger partial charge in [0.2, 0.25) is 0 Å². The van der Waals surface area contributed by atoms with Gasteiger partial charge in [0.25, 0.3) is 0 Å². The quantitative estimate of drug-likeness (QED) is 0.570. The van der Waals surface area contributed by atoms with Crippen LogP contribution in [0.2, 0.25) is 0 Å². The van der Waals surface area contributed by atoms with Crippen LogP contribution in [0, 0.1) is 6.92 Å². The number of ketones is 1. The summed E-state index contributed by atoms with van der Waals surface area (Å²) in [5, 5.41) is 0. The summed E-state index contributed by atoms with van der Waals surface area (Å²) in [6.45, 7) is 4.13. The molecule has 0 fully saturated rings. The summed E-state index contributed by atoms with van der Waals surface area (Å²) in [6, 6.07) is 6.16. The zero-order chi connectivity index (χ0) is 8.72. The predicted octanol–water partition coefficient (Wildman–Crippen LogP) is 2.68. The number of aryl methyl sites for hydroxylation is 1. The highest BCUT2D eigenvalue weighted by atomic mass is 16.1. The fourth-order valence-corrected chi connectivity index (χ4v) is 1.84. The Morgan fingerprint density at radius 2 is 2.17 bits per heavy atom. The van der Waals surface area contributed by atoms with Crippen LogP contribution in [-0.2, 0) is 0 Å². The second kappa shape index (κ2) is 2.44. The average Bonchev–Trinajstić information content (AvgIpc) is 2.28. The van der Waals surface area contributed by atoms with Gasteiger partial charge < -0.3 is 0 Å². The van der Waals surface area contributed by atoms with Crippen molar-refractivity contribution in [2.45, 2.75) is 26.2 Å². The van der Waals surface area contributed by atoms with Crippen LogP contribution in [0.3, 0.4) is 0 Å². The summed E-state index contributed by atoms with van der Waals surface area (Å²) in [4.78, 5) is 11.4. The Balaban J connectivity index is 2.60. The zero-order valence-corrected chi connectivity index (χ0v) is 7.42. The van der Waals surface area contributed by atoms with Crippen molar-refractivity contribution >= 4 is 5.78 Å². The van der Waals surface area contributed by atoms with E-state index in [0.717, 1.165) is 5.56 Å². The Morgan fingerprint density at radius 3 is 2.92 bits per heavy atom. The van der Waals surface area contributed by atoms with Crippen molar-refractivity contribution in [2.24, 2.45) is 0 Å². The van der Waals surface area contributed by atoms with Crippen molar-refractivity contribution in [3.8, 4) is 0 Å². The Labute approximate surface area is 72.4 Å². The third kappa shape index (κ3) is 0.970. The van der Waals surface area contributed by atoms with Crippen LogP contribution in [0.5, 0.6) is 0 Å². The van der Waals surface area contributed by atoms with E-state index in [9.17, 15) is 4.79 Å². The highest BCUT2D eigenvalue weighted by Crippen LogP contribution is 2.32. The summed E-state index contributed by atoms with van der Waals surface area (Å²) in [5.41, 5.74) is 3.35. The van der Waals surface area contributed by atoms with E-state index in [4.69, 9.17) is 0 Å². The van der Waals surface area contributed by atoms with Crippen molar-refractivity contribution < 1.29 is 4.79 Å². The summed E-state index contributed by atoms with van der Waals surface area (Å²) in [6.07, 6.45) is 0.693. The fourth-order valence-electron chi connectivity index (χ4n) is 1.84. The third-order valence-corrected chi connectivity index (χ3v) is 2.53. The minimum Gasteiger partial charge on any atom is -0.294 e. The molecular weight excluding hydrogens is 148 g/mol. The van der Waals surface area contributed by atoms with Gasteiger partial charge in [0.05, 0.1) is 0 Å². The number of rotatable bonds is 0. The van der Waals surface area contributed by atoms with Crippen molar-refractivity contribution in [1.29, 1.82) is 0 Å². The molecule has 0 aromatic heterocycles. The van der Waals surface area contributed by atoms with E-state index in [1.54, 1.807) is 0 Å². The van der Waals surface area contributed by atoms with E-state index in [2.05, 4.69) is 19.1 Å². The maximum Gasteiger partial charge on any atom is 0.163 e. The molecule has 1 aliphatic carbocycles. The Morgan fingerprint density at radius 1 is 1.42 bits per heavy atom. The first-order valence-electron chi connectivity index (χ1n) is 4.32. The Hall–Kier alpha value is -1.11. The standard InChI is InChI=1S/C11H12O/c1-7-3-4-9-8(2)6-11(12)10(9)5-7/h3-5,8H,6H2,1-2H3. The molecule has 0 N–H and O–H groups in total. The number of benzene rings is 1. The summed E-state index contributed by atoms with van der Waals surface area (Å²) < 4.78 is 0. The molecule has 0 spiro atoms. The largest absolute Gasteiger partial charge is 0.294 e. The molecule has 1 aliphatic rings. The van der Waals surface area contributed by atoms with E-state index in [1.165, 1.54) is 11.1 Å². The normalized spacial score (nSPS) is 21.2. The van der Waals surface area contributed by atoms with Gasteiger partial charge in [-0.2, -0.15) is 0 Å². The van der Waals surface area contributed by atoms with Crippen LogP contribution < -0.4 is 0 Å². The Kier molecular flexibility index (Phi) is 1.53. The number of hydrogen-bond donors (Lipinski definition) is 0. The summed E-state index contributed by atoms with van der Waals surface area (Å²) in [7, 11) is 0. The van der Waals surface area contributed by atoms with E-state index in [-0.39, 0.29) is 0 Å². The molecule has 0 saturated heterocycles. The molecule has 1 heteroatoms. The van der Waals surface area contributed by atoms with E-state index < -0.39 is 0 Å². The monoisotopic (exact) mass is 160 g/mol. The molecular formula is C11H12O. The summed E-state index contributed by atoms with van der Waals surface area (Å²) >= 11 is 0. The number of Topliss-reactive ketones (excluding diaryl/α,β-unsaturated/α-hetero) is 1. The van der Waals surface area contributed by atoms with Crippen molar-refractivity contribution in [3.63, 3.8) is 0 Å². The van der Waals surface area contributed by atoms with Crippen molar-refractivity contribution in [3.05, 3.63) is 34.9 Å². The zero-order valence-electron chi connectivity index (χ0n) is 7.42. The lowest BCUT2D eigenvalue weighted by Crippen LogP contribution is -1.90. The Bertz CT molecular complexity index is 339. The van der Waals surface area contributed by atoms with Gasteiger partial charge in [-0.25, -0.2) is 0 Å². The van der Waals surface area contributed by atoms with Crippen LogP contribution in [-0.4, -0.2) is 5.78 Å². The first-order chi connectivity index (χ1) is 5.68. The fraction of sp³-hybridized carbons (Fsp3) is 0.364. The second-order valence-electron chi connectivity index (χ2n) is 3.62. The lowest BCUT2D eigenvalue weighted by molar-refractivity contribution is 0.0990. The maximum atomic E-state index is 11.4. The molecule has 12 heavy (non-hydrogen) atoms. The molecule has 2 rings (SSSR count). The SMILES string of the molecule is Cc1ccc2c(c1)C(=O)CC2C. The number of carbonyl (C=O) groups is 1. The molecule has 0 amide bonds. The van der Waals surface area contributed by atoms with Gasteiger partial charge in [0.1, 0.15) is 0 Å². The van der Waals surface area contributed by atoms with Gasteiger partial charge >= 0.3 is 0 Å². The second-order valence-corrected chi connectivity index (χ2v) is 3.62. The van der Waals surface area contributed by atoms with Crippen LogP contribution >= 0.6 is 0 Å². The van der Waals surface area contributed by atoms with Crippen LogP contribution in [0.25, 0.3) is 0 Å². The number of hydrogen-bond acceptors (Lipinski definition) is 1. The maximum absolute atomic E-state index is 11.4. The minimum absolute atomic E-state index is 0.307. The topological polar surface area (TPSA) is 17.1 Å². The smallest absolute Gasteiger partial charge is 0.163 e. The van der Waals surface area contributed by atoms with Crippen LogP contribution in [0.1, 0.15) is 40.7 Å². The van der Waals surface area contributed by atoms with Crippen molar-refractivity contribution in [2.75, 3.05) is 0 Å². The van der Waals surface area contributed by atoms with Crippen LogP contribution in [0.4, 0.5) is 0 Å². The molecule has 0 saturated carbocycles. The van der Waals surface area contributed by atoms with Crippen LogP contribution in [0.15, 0.2) is 18.2 Å². The van der Waals surface area contributed by atoms with Gasteiger partial charge in [-0.1, -0.05) is 24.6 Å².